The van der Waals surface area contributed by atoms with Crippen molar-refractivity contribution in [3.63, 3.8) is 0 Å². The van der Waals surface area contributed by atoms with Gasteiger partial charge in [0.2, 0.25) is 0 Å². The van der Waals surface area contributed by atoms with Crippen LogP contribution in [0.4, 0.5) is 0 Å². The van der Waals surface area contributed by atoms with Crippen molar-refractivity contribution in [3.8, 4) is 11.5 Å². The normalized spacial score (nSPS) is 16.2. The summed E-state index contributed by atoms with van der Waals surface area (Å²) >= 11 is 4.29. The SMILES string of the molecule is C=CCN1C(=O)/C(=C/c2ccc(OCCCCC)c(OC)c2)SC1=NS(=O)(=O)c1ccc(Br)cc1. The van der Waals surface area contributed by atoms with Gasteiger partial charge in [-0.2, -0.15) is 8.42 Å². The number of carbonyl (C=O) groups is 1. The van der Waals surface area contributed by atoms with Gasteiger partial charge < -0.3 is 9.47 Å². The van der Waals surface area contributed by atoms with Gasteiger partial charge in [-0.05, 0) is 66.2 Å². The Morgan fingerprint density at radius 1 is 1.14 bits per heavy atom. The van der Waals surface area contributed by atoms with Crippen LogP contribution in [0.2, 0.25) is 0 Å². The molecule has 1 heterocycles. The molecule has 1 aliphatic heterocycles. The van der Waals surface area contributed by atoms with Crippen molar-refractivity contribution >= 4 is 54.9 Å². The third-order valence-electron chi connectivity index (χ3n) is 5.00. The molecule has 35 heavy (non-hydrogen) atoms. The van der Waals surface area contributed by atoms with E-state index in [1.165, 1.54) is 23.1 Å². The highest BCUT2D eigenvalue weighted by Gasteiger charge is 2.34. The Labute approximate surface area is 219 Å². The molecule has 2 aromatic rings. The Morgan fingerprint density at radius 3 is 2.54 bits per heavy atom. The lowest BCUT2D eigenvalue weighted by atomic mass is 10.2. The third-order valence-corrected chi connectivity index (χ3v) is 7.93. The van der Waals surface area contributed by atoms with E-state index in [4.69, 9.17) is 9.47 Å². The predicted octanol–water partition coefficient (Wildman–Crippen LogP) is 5.87. The molecule has 1 fully saturated rings. The van der Waals surface area contributed by atoms with Crippen LogP contribution in [0.25, 0.3) is 6.08 Å². The molecule has 3 rings (SSSR count). The number of amides is 1. The van der Waals surface area contributed by atoms with Gasteiger partial charge >= 0.3 is 0 Å². The van der Waals surface area contributed by atoms with E-state index in [-0.39, 0.29) is 22.5 Å². The first-order chi connectivity index (χ1) is 16.8. The monoisotopic (exact) mass is 578 g/mol. The fourth-order valence-electron chi connectivity index (χ4n) is 3.21. The molecule has 1 aliphatic rings. The zero-order chi connectivity index (χ0) is 25.4. The van der Waals surface area contributed by atoms with E-state index < -0.39 is 10.0 Å². The molecule has 0 saturated carbocycles. The lowest BCUT2D eigenvalue weighted by Crippen LogP contribution is -2.29. The molecule has 10 heteroatoms. The van der Waals surface area contributed by atoms with E-state index >= 15 is 0 Å². The summed E-state index contributed by atoms with van der Waals surface area (Å²) in [5, 5.41) is 0.0758. The van der Waals surface area contributed by atoms with Crippen LogP contribution in [-0.2, 0) is 14.8 Å². The number of methoxy groups -OCH3 is 1. The average molecular weight is 580 g/mol. The predicted molar refractivity (Wildman–Crippen MR) is 144 cm³/mol. The van der Waals surface area contributed by atoms with Crippen LogP contribution in [0.5, 0.6) is 11.5 Å². The van der Waals surface area contributed by atoms with Crippen molar-refractivity contribution in [1.82, 2.24) is 4.90 Å². The first kappa shape index (κ1) is 27.0. The number of unbranched alkanes of at least 4 members (excludes halogenated alkanes) is 2. The summed E-state index contributed by atoms with van der Waals surface area (Å²) in [6, 6.07) is 11.6. The fourth-order valence-corrected chi connectivity index (χ4v) is 5.66. The summed E-state index contributed by atoms with van der Waals surface area (Å²) < 4.78 is 41.7. The number of rotatable bonds is 11. The number of halogens is 1. The number of amidine groups is 1. The molecule has 186 valence electrons. The van der Waals surface area contributed by atoms with E-state index in [0.29, 0.717) is 28.6 Å². The fraction of sp³-hybridized carbons (Fsp3) is 0.280. The standard InChI is InChI=1S/C25H27BrN2O5S2/c1-4-6-7-15-33-21-13-8-18(16-22(21)32-3)17-23-24(29)28(14-5-2)25(34-23)27-35(30,31)20-11-9-19(26)10-12-20/h5,8-13,16-17H,2,4,6-7,14-15H2,1,3H3/b23-17-,27-25?. The summed E-state index contributed by atoms with van der Waals surface area (Å²) in [6.45, 7) is 6.53. The molecule has 0 bridgehead atoms. The topological polar surface area (TPSA) is 85.3 Å². The van der Waals surface area contributed by atoms with Crippen molar-refractivity contribution in [3.05, 3.63) is 70.1 Å². The Morgan fingerprint density at radius 2 is 1.89 bits per heavy atom. The van der Waals surface area contributed by atoms with Crippen molar-refractivity contribution in [2.24, 2.45) is 4.40 Å². The zero-order valence-corrected chi connectivity index (χ0v) is 22.8. The zero-order valence-electron chi connectivity index (χ0n) is 19.6. The minimum atomic E-state index is -4.01. The maximum absolute atomic E-state index is 13.1. The number of carbonyl (C=O) groups excluding carboxylic acids is 1. The summed E-state index contributed by atoms with van der Waals surface area (Å²) in [4.78, 5) is 14.7. The second kappa shape index (κ2) is 12.4. The number of thioether (sulfide) groups is 1. The number of hydrogen-bond acceptors (Lipinski definition) is 6. The van der Waals surface area contributed by atoms with E-state index in [9.17, 15) is 13.2 Å². The molecular formula is C25H27BrN2O5S2. The van der Waals surface area contributed by atoms with E-state index in [0.717, 1.165) is 35.5 Å². The number of sulfonamides is 1. The smallest absolute Gasteiger partial charge is 0.284 e. The number of benzene rings is 2. The van der Waals surface area contributed by atoms with Crippen LogP contribution < -0.4 is 9.47 Å². The van der Waals surface area contributed by atoms with Gasteiger partial charge in [-0.25, -0.2) is 0 Å². The highest BCUT2D eigenvalue weighted by molar-refractivity contribution is 9.10. The molecule has 0 atom stereocenters. The number of nitrogens with zero attached hydrogens (tertiary/aromatic N) is 2. The van der Waals surface area contributed by atoms with Crippen LogP contribution in [0.3, 0.4) is 0 Å². The van der Waals surface area contributed by atoms with Gasteiger partial charge in [0.15, 0.2) is 16.7 Å². The van der Waals surface area contributed by atoms with E-state index in [2.05, 4.69) is 33.8 Å². The minimum absolute atomic E-state index is 0.0384. The summed E-state index contributed by atoms with van der Waals surface area (Å²) in [5.74, 6) is 0.840. The number of ether oxygens (including phenoxy) is 2. The van der Waals surface area contributed by atoms with Crippen LogP contribution in [0, 0.1) is 0 Å². The summed E-state index contributed by atoms with van der Waals surface area (Å²) in [7, 11) is -2.45. The van der Waals surface area contributed by atoms with E-state index in [1.54, 1.807) is 37.5 Å². The second-order valence-electron chi connectivity index (χ2n) is 7.58. The summed E-state index contributed by atoms with van der Waals surface area (Å²) in [6.07, 6.45) is 6.37. The average Bonchev–Trinajstić information content (AvgIpc) is 3.11. The van der Waals surface area contributed by atoms with Crippen LogP contribution in [-0.4, -0.2) is 44.7 Å². The van der Waals surface area contributed by atoms with Gasteiger partial charge in [0.25, 0.3) is 15.9 Å². The molecule has 0 unspecified atom stereocenters. The van der Waals surface area contributed by atoms with Crippen LogP contribution in [0.15, 0.2) is 73.8 Å². The largest absolute Gasteiger partial charge is 0.493 e. The van der Waals surface area contributed by atoms with Gasteiger partial charge in [-0.15, -0.1) is 11.0 Å². The maximum atomic E-state index is 13.1. The molecule has 0 aliphatic carbocycles. The Hall–Kier alpha value is -2.56. The molecule has 2 aromatic carbocycles. The van der Waals surface area contributed by atoms with Crippen molar-refractivity contribution in [2.45, 2.75) is 31.1 Å². The van der Waals surface area contributed by atoms with E-state index in [1.807, 2.05) is 6.07 Å². The van der Waals surface area contributed by atoms with Crippen molar-refractivity contribution < 1.29 is 22.7 Å². The van der Waals surface area contributed by atoms with Gasteiger partial charge in [0.05, 0.1) is 23.5 Å². The first-order valence-corrected chi connectivity index (χ1v) is 14.1. The van der Waals surface area contributed by atoms with Crippen molar-refractivity contribution in [2.75, 3.05) is 20.3 Å². The molecule has 0 spiro atoms. The van der Waals surface area contributed by atoms with Gasteiger partial charge in [-0.1, -0.05) is 47.8 Å². The lowest BCUT2D eigenvalue weighted by molar-refractivity contribution is -0.121. The minimum Gasteiger partial charge on any atom is -0.493 e. The Bertz CT molecular complexity index is 1240. The molecule has 1 amide bonds. The second-order valence-corrected chi connectivity index (χ2v) is 11.1. The quantitative estimate of drug-likeness (QED) is 0.188. The van der Waals surface area contributed by atoms with Gasteiger partial charge in [-0.3, -0.25) is 9.69 Å². The number of hydrogen-bond donors (Lipinski definition) is 0. The van der Waals surface area contributed by atoms with Gasteiger partial charge in [0, 0.05) is 11.0 Å². The first-order valence-electron chi connectivity index (χ1n) is 11.0. The highest BCUT2D eigenvalue weighted by atomic mass is 79.9. The van der Waals surface area contributed by atoms with Crippen molar-refractivity contribution in [1.29, 1.82) is 0 Å². The maximum Gasteiger partial charge on any atom is 0.284 e. The molecule has 1 saturated heterocycles. The molecular weight excluding hydrogens is 552 g/mol. The molecule has 7 nitrogen and oxygen atoms in total. The molecule has 0 N–H and O–H groups in total. The van der Waals surface area contributed by atoms with Gasteiger partial charge in [0.1, 0.15) is 0 Å². The lowest BCUT2D eigenvalue weighted by Gasteiger charge is -2.12. The highest BCUT2D eigenvalue weighted by Crippen LogP contribution is 2.35. The third kappa shape index (κ3) is 6.99. The Balaban J connectivity index is 1.88. The summed E-state index contributed by atoms with van der Waals surface area (Å²) in [5.41, 5.74) is 0.717. The van der Waals surface area contributed by atoms with Crippen LogP contribution >= 0.6 is 27.7 Å². The molecule has 0 aromatic heterocycles. The molecule has 0 radical (unpaired) electrons. The van der Waals surface area contributed by atoms with Crippen LogP contribution in [0.1, 0.15) is 31.7 Å². The Kier molecular flexibility index (Phi) is 9.59.